The Balaban J connectivity index is 1.30. The van der Waals surface area contributed by atoms with Crippen molar-refractivity contribution in [1.82, 2.24) is 25.3 Å². The second-order valence-corrected chi connectivity index (χ2v) is 12.3. The van der Waals surface area contributed by atoms with Crippen LogP contribution in [0.4, 0.5) is 5.82 Å². The van der Waals surface area contributed by atoms with Gasteiger partial charge in [0.25, 0.3) is 5.91 Å². The highest BCUT2D eigenvalue weighted by atomic mass is 32.2. The van der Waals surface area contributed by atoms with E-state index in [0.717, 1.165) is 53.8 Å². The number of nitrogens with one attached hydrogen (secondary N) is 2. The molecule has 5 heterocycles. The molecule has 0 aliphatic carbocycles. The number of sulfone groups is 1. The third-order valence-corrected chi connectivity index (χ3v) is 7.60. The van der Waals surface area contributed by atoms with E-state index in [2.05, 4.69) is 34.4 Å². The number of nitrogens with zero attached hydrogens (tertiary/aromatic N) is 4. The van der Waals surface area contributed by atoms with Gasteiger partial charge in [-0.1, -0.05) is 6.07 Å². The van der Waals surface area contributed by atoms with Gasteiger partial charge in [0.05, 0.1) is 45.2 Å². The predicted octanol–water partition coefficient (Wildman–Crippen LogP) is 3.79. The number of ether oxygens (including phenoxy) is 1. The minimum Gasteiger partial charge on any atom is -0.375 e. The van der Waals surface area contributed by atoms with E-state index in [0.29, 0.717) is 5.69 Å². The van der Waals surface area contributed by atoms with Gasteiger partial charge in [-0.15, -0.1) is 0 Å². The zero-order chi connectivity index (χ0) is 27.6. The van der Waals surface area contributed by atoms with Crippen LogP contribution in [0.25, 0.3) is 22.3 Å². The lowest BCUT2D eigenvalue weighted by atomic mass is 9.94. The molecular weight excluding hydrogens is 516 g/mol. The Bertz CT molecular complexity index is 1640. The first-order valence-corrected chi connectivity index (χ1v) is 14.5. The van der Waals surface area contributed by atoms with Crippen LogP contribution in [0.2, 0.25) is 0 Å². The van der Waals surface area contributed by atoms with Crippen molar-refractivity contribution in [3.63, 3.8) is 0 Å². The zero-order valence-electron chi connectivity index (χ0n) is 22.0. The lowest BCUT2D eigenvalue weighted by Crippen LogP contribution is -2.40. The standard InChI is InChI=1S/C28H30N6O4S/c1-28(2)13-20(9-10-38-28)32-26-6-4-5-23(34-26)24-8-7-18-15-30-21(12-25(18)33-24)16-31-27(35)19-11-22(17-29-14-19)39(3,36)37/h4-8,11-12,14-15,17,20H,9-10,13,16H2,1-3H3,(H,31,35)(H,32,34). The van der Waals surface area contributed by atoms with Crippen LogP contribution in [0.3, 0.4) is 0 Å². The summed E-state index contributed by atoms with van der Waals surface area (Å²) >= 11 is 0. The summed E-state index contributed by atoms with van der Waals surface area (Å²) in [6.45, 7) is 5.07. The molecule has 1 atom stereocenters. The molecule has 1 amide bonds. The first kappa shape index (κ1) is 26.6. The molecule has 10 nitrogen and oxygen atoms in total. The highest BCUT2D eigenvalue weighted by molar-refractivity contribution is 7.90. The molecule has 2 N–H and O–H groups in total. The minimum atomic E-state index is -3.47. The topological polar surface area (TPSA) is 136 Å². The molecule has 1 saturated heterocycles. The molecule has 0 bridgehead atoms. The van der Waals surface area contributed by atoms with Crippen molar-refractivity contribution < 1.29 is 17.9 Å². The second-order valence-electron chi connectivity index (χ2n) is 10.3. The van der Waals surface area contributed by atoms with Gasteiger partial charge >= 0.3 is 0 Å². The third kappa shape index (κ3) is 6.55. The monoisotopic (exact) mass is 546 g/mol. The van der Waals surface area contributed by atoms with E-state index in [1.807, 2.05) is 36.4 Å². The van der Waals surface area contributed by atoms with E-state index in [1.165, 1.54) is 18.5 Å². The molecule has 39 heavy (non-hydrogen) atoms. The minimum absolute atomic E-state index is 0.0137. The molecule has 0 aromatic carbocycles. The summed E-state index contributed by atoms with van der Waals surface area (Å²) in [7, 11) is -3.47. The Kier molecular flexibility index (Phi) is 7.28. The van der Waals surface area contributed by atoms with Crippen LogP contribution in [-0.4, -0.2) is 58.8 Å². The number of hydrogen-bond donors (Lipinski definition) is 2. The lowest BCUT2D eigenvalue weighted by Gasteiger charge is -2.36. The normalized spacial score (nSPS) is 17.1. The Labute approximate surface area is 227 Å². The number of rotatable bonds is 7. The SMILES string of the molecule is CC1(C)CC(Nc2cccc(-c3ccc4cnc(CNC(=O)c5cncc(S(C)(=O)=O)c5)cc4n3)n2)CCO1. The van der Waals surface area contributed by atoms with Crippen molar-refractivity contribution in [2.24, 2.45) is 0 Å². The summed E-state index contributed by atoms with van der Waals surface area (Å²) in [6, 6.07) is 13.1. The Hall–Kier alpha value is -3.96. The van der Waals surface area contributed by atoms with Crippen LogP contribution in [-0.2, 0) is 21.1 Å². The smallest absolute Gasteiger partial charge is 0.253 e. The van der Waals surface area contributed by atoms with E-state index in [9.17, 15) is 13.2 Å². The fourth-order valence-corrected chi connectivity index (χ4v) is 5.13. The first-order valence-electron chi connectivity index (χ1n) is 12.6. The van der Waals surface area contributed by atoms with Crippen LogP contribution in [0.15, 0.2) is 66.0 Å². The zero-order valence-corrected chi connectivity index (χ0v) is 22.8. The summed E-state index contributed by atoms with van der Waals surface area (Å²) in [6.07, 6.45) is 7.14. The number of anilines is 1. The van der Waals surface area contributed by atoms with Crippen molar-refractivity contribution in [3.05, 3.63) is 72.3 Å². The molecule has 0 spiro atoms. The maximum Gasteiger partial charge on any atom is 0.253 e. The Morgan fingerprint density at radius 2 is 1.90 bits per heavy atom. The van der Waals surface area contributed by atoms with Gasteiger partial charge in [-0.2, -0.15) is 0 Å². The summed E-state index contributed by atoms with van der Waals surface area (Å²) in [5.41, 5.74) is 2.80. The molecule has 1 fully saturated rings. The van der Waals surface area contributed by atoms with Gasteiger partial charge in [0.2, 0.25) is 0 Å². The summed E-state index contributed by atoms with van der Waals surface area (Å²) in [4.78, 5) is 30.5. The van der Waals surface area contributed by atoms with E-state index >= 15 is 0 Å². The van der Waals surface area contributed by atoms with Crippen molar-refractivity contribution in [3.8, 4) is 11.4 Å². The van der Waals surface area contributed by atoms with Gasteiger partial charge in [0, 0.05) is 42.9 Å². The van der Waals surface area contributed by atoms with Gasteiger partial charge in [-0.3, -0.25) is 14.8 Å². The number of aromatic nitrogens is 4. The molecule has 5 rings (SSSR count). The van der Waals surface area contributed by atoms with Crippen LogP contribution in [0.5, 0.6) is 0 Å². The van der Waals surface area contributed by atoms with E-state index in [-0.39, 0.29) is 28.6 Å². The number of amides is 1. The fraction of sp³-hybridized carbons (Fsp3) is 0.321. The molecule has 4 aromatic heterocycles. The maximum absolute atomic E-state index is 12.6. The van der Waals surface area contributed by atoms with Crippen molar-refractivity contribution in [1.29, 1.82) is 0 Å². The average molecular weight is 547 g/mol. The maximum atomic E-state index is 12.6. The molecular formula is C28H30N6O4S. The summed E-state index contributed by atoms with van der Waals surface area (Å²) in [5.74, 6) is 0.350. The summed E-state index contributed by atoms with van der Waals surface area (Å²) < 4.78 is 29.4. The van der Waals surface area contributed by atoms with E-state index in [1.54, 1.807) is 6.20 Å². The van der Waals surface area contributed by atoms with E-state index in [4.69, 9.17) is 14.7 Å². The Morgan fingerprint density at radius 1 is 1.08 bits per heavy atom. The van der Waals surface area contributed by atoms with E-state index < -0.39 is 15.7 Å². The molecule has 202 valence electrons. The largest absolute Gasteiger partial charge is 0.375 e. The third-order valence-electron chi connectivity index (χ3n) is 6.52. The molecule has 4 aromatic rings. The molecule has 1 aliphatic heterocycles. The van der Waals surface area contributed by atoms with Crippen molar-refractivity contribution >= 4 is 32.5 Å². The number of carbonyl (C=O) groups is 1. The van der Waals surface area contributed by atoms with Crippen LogP contribution in [0.1, 0.15) is 42.7 Å². The van der Waals surface area contributed by atoms with Gasteiger partial charge < -0.3 is 15.4 Å². The van der Waals surface area contributed by atoms with Gasteiger partial charge in [0.1, 0.15) is 5.82 Å². The number of carbonyl (C=O) groups excluding carboxylic acids is 1. The molecule has 0 radical (unpaired) electrons. The van der Waals surface area contributed by atoms with Gasteiger partial charge in [-0.25, -0.2) is 18.4 Å². The van der Waals surface area contributed by atoms with Crippen LogP contribution < -0.4 is 10.6 Å². The highest BCUT2D eigenvalue weighted by Crippen LogP contribution is 2.27. The lowest BCUT2D eigenvalue weighted by molar-refractivity contribution is -0.0553. The van der Waals surface area contributed by atoms with Crippen LogP contribution >= 0.6 is 0 Å². The fourth-order valence-electron chi connectivity index (χ4n) is 4.54. The number of pyridine rings is 4. The van der Waals surface area contributed by atoms with Crippen molar-refractivity contribution in [2.75, 3.05) is 18.2 Å². The highest BCUT2D eigenvalue weighted by Gasteiger charge is 2.29. The second kappa shape index (κ2) is 10.7. The number of hydrogen-bond acceptors (Lipinski definition) is 9. The average Bonchev–Trinajstić information content (AvgIpc) is 2.90. The quantitative estimate of drug-likeness (QED) is 0.355. The first-order chi connectivity index (χ1) is 18.6. The predicted molar refractivity (Wildman–Crippen MR) is 148 cm³/mol. The van der Waals surface area contributed by atoms with Gasteiger partial charge in [-0.05, 0) is 63.1 Å². The van der Waals surface area contributed by atoms with Gasteiger partial charge in [0.15, 0.2) is 9.84 Å². The summed E-state index contributed by atoms with van der Waals surface area (Å²) in [5, 5.41) is 7.16. The molecule has 1 aliphatic rings. The molecule has 1 unspecified atom stereocenters. The van der Waals surface area contributed by atoms with Crippen molar-refractivity contribution in [2.45, 2.75) is 49.8 Å². The molecule has 11 heteroatoms. The molecule has 0 saturated carbocycles. The number of fused-ring (bicyclic) bond motifs is 1. The van der Waals surface area contributed by atoms with Crippen LogP contribution in [0, 0.1) is 0 Å². The Morgan fingerprint density at radius 3 is 2.69 bits per heavy atom.